The molecule has 0 bridgehead atoms. The van der Waals surface area contributed by atoms with Crippen LogP contribution in [0.1, 0.15) is 29.8 Å². The molecule has 0 amide bonds. The van der Waals surface area contributed by atoms with Crippen LogP contribution in [0.2, 0.25) is 0 Å². The summed E-state index contributed by atoms with van der Waals surface area (Å²) in [6.45, 7) is 4.00. The van der Waals surface area contributed by atoms with E-state index >= 15 is 0 Å². The highest BCUT2D eigenvalue weighted by Gasteiger charge is 2.18. The molecule has 0 aliphatic rings. The van der Waals surface area contributed by atoms with Crippen molar-refractivity contribution in [2.75, 3.05) is 0 Å². The number of benzene rings is 2. The van der Waals surface area contributed by atoms with E-state index in [1.165, 1.54) is 24.3 Å². The van der Waals surface area contributed by atoms with Crippen molar-refractivity contribution in [1.29, 1.82) is 0 Å². The van der Waals surface area contributed by atoms with Gasteiger partial charge >= 0.3 is 0 Å². The molecule has 2 rings (SSSR count). The maximum absolute atomic E-state index is 13.5. The molecular formula is C16H17FO4. The number of phenolic OH excluding ortho intramolecular Hbond substituents is 3. The fourth-order valence-electron chi connectivity index (χ4n) is 1.74. The van der Waals surface area contributed by atoms with Gasteiger partial charge in [-0.05, 0) is 17.7 Å². The van der Waals surface area contributed by atoms with Gasteiger partial charge in [-0.3, -0.25) is 4.79 Å². The highest BCUT2D eigenvalue weighted by molar-refractivity contribution is 6.00. The molecule has 3 N–H and O–H groups in total. The maximum Gasteiger partial charge on any atom is 0.173 e. The van der Waals surface area contributed by atoms with Crippen LogP contribution >= 0.6 is 0 Å². The first kappa shape index (κ1) is 16.5. The molecule has 0 aliphatic heterocycles. The summed E-state index contributed by atoms with van der Waals surface area (Å²) < 4.78 is 13.5. The first-order valence-corrected chi connectivity index (χ1v) is 6.50. The van der Waals surface area contributed by atoms with Crippen molar-refractivity contribution >= 4 is 5.78 Å². The van der Waals surface area contributed by atoms with Crippen LogP contribution in [-0.2, 0) is 6.42 Å². The monoisotopic (exact) mass is 292 g/mol. The molecular weight excluding hydrogens is 275 g/mol. The zero-order valence-corrected chi connectivity index (χ0v) is 11.8. The molecule has 0 aliphatic carbocycles. The summed E-state index contributed by atoms with van der Waals surface area (Å²) in [6, 6.07) is 7.56. The fraction of sp³-hybridized carbons (Fsp3) is 0.188. The summed E-state index contributed by atoms with van der Waals surface area (Å²) in [7, 11) is 0. The number of carbonyl (C=O) groups excluding carboxylic acids is 1. The summed E-state index contributed by atoms with van der Waals surface area (Å²) in [6.07, 6.45) is -0.116. The van der Waals surface area contributed by atoms with Crippen molar-refractivity contribution < 1.29 is 24.5 Å². The van der Waals surface area contributed by atoms with E-state index in [0.717, 1.165) is 12.1 Å². The Bertz CT molecular complexity index is 598. The second-order valence-electron chi connectivity index (χ2n) is 4.09. The highest BCUT2D eigenvalue weighted by Crippen LogP contribution is 2.27. The molecule has 0 spiro atoms. The molecule has 0 atom stereocenters. The maximum atomic E-state index is 13.5. The van der Waals surface area contributed by atoms with Gasteiger partial charge in [-0.15, -0.1) is 0 Å². The number of halogens is 1. The van der Waals surface area contributed by atoms with Crippen LogP contribution in [0.25, 0.3) is 0 Å². The number of phenols is 3. The minimum atomic E-state index is -0.971. The minimum absolute atomic E-state index is 0.0647. The normalized spacial score (nSPS) is 9.67. The SMILES string of the molecule is CC.O=C(Cc1ccc(O)cc1)c1c(O)cc(O)cc1F. The number of Topliss-reactive ketones (excluding diaryl/α,β-unsaturated/α-hetero) is 1. The van der Waals surface area contributed by atoms with E-state index in [1.807, 2.05) is 13.8 Å². The summed E-state index contributed by atoms with van der Waals surface area (Å²) in [5, 5.41) is 27.7. The lowest BCUT2D eigenvalue weighted by molar-refractivity contribution is 0.0986. The molecule has 0 saturated carbocycles. The first-order valence-electron chi connectivity index (χ1n) is 6.50. The van der Waals surface area contributed by atoms with E-state index in [1.54, 1.807) is 0 Å². The summed E-state index contributed by atoms with van der Waals surface area (Å²) >= 11 is 0. The molecule has 0 saturated heterocycles. The summed E-state index contributed by atoms with van der Waals surface area (Å²) in [5.74, 6) is -2.56. The average molecular weight is 292 g/mol. The van der Waals surface area contributed by atoms with Crippen LogP contribution in [0.15, 0.2) is 36.4 Å². The third kappa shape index (κ3) is 4.21. The predicted molar refractivity (Wildman–Crippen MR) is 77.2 cm³/mol. The number of hydrogen-bond acceptors (Lipinski definition) is 4. The standard InChI is InChI=1S/C14H11FO4.C2H6/c15-11-6-10(17)7-13(19)14(11)12(18)5-8-1-3-9(16)4-2-8;1-2/h1-4,6-7,16-17,19H,5H2;1-2H3. The second kappa shape index (κ2) is 7.28. The van der Waals surface area contributed by atoms with Crippen molar-refractivity contribution in [2.24, 2.45) is 0 Å². The first-order chi connectivity index (χ1) is 9.97. The third-order valence-corrected chi connectivity index (χ3v) is 2.63. The van der Waals surface area contributed by atoms with Crippen molar-refractivity contribution in [3.8, 4) is 17.2 Å². The molecule has 2 aromatic rings. The van der Waals surface area contributed by atoms with Gasteiger partial charge in [-0.1, -0.05) is 26.0 Å². The highest BCUT2D eigenvalue weighted by atomic mass is 19.1. The molecule has 4 nitrogen and oxygen atoms in total. The van der Waals surface area contributed by atoms with Crippen molar-refractivity contribution in [3.63, 3.8) is 0 Å². The van der Waals surface area contributed by atoms with Crippen LogP contribution in [0.5, 0.6) is 17.2 Å². The van der Waals surface area contributed by atoms with Crippen LogP contribution < -0.4 is 0 Å². The Balaban J connectivity index is 0.00000106. The number of hydrogen-bond donors (Lipinski definition) is 3. The van der Waals surface area contributed by atoms with Gasteiger partial charge in [0.2, 0.25) is 0 Å². The molecule has 0 fully saturated rings. The van der Waals surface area contributed by atoms with Crippen LogP contribution in [-0.4, -0.2) is 21.1 Å². The fourth-order valence-corrected chi connectivity index (χ4v) is 1.74. The van der Waals surface area contributed by atoms with Gasteiger partial charge in [-0.25, -0.2) is 4.39 Å². The molecule has 5 heteroatoms. The average Bonchev–Trinajstić information content (AvgIpc) is 2.42. The van der Waals surface area contributed by atoms with Gasteiger partial charge in [0.25, 0.3) is 0 Å². The Labute approximate surface area is 122 Å². The Hall–Kier alpha value is -2.56. The summed E-state index contributed by atoms with van der Waals surface area (Å²) in [4.78, 5) is 11.9. The lowest BCUT2D eigenvalue weighted by Gasteiger charge is -2.06. The Kier molecular flexibility index (Phi) is 5.72. The van der Waals surface area contributed by atoms with Crippen molar-refractivity contribution in [2.45, 2.75) is 20.3 Å². The van der Waals surface area contributed by atoms with Gasteiger partial charge in [0.05, 0.1) is 5.56 Å². The molecule has 21 heavy (non-hydrogen) atoms. The van der Waals surface area contributed by atoms with Crippen LogP contribution in [0.3, 0.4) is 0 Å². The number of ketones is 1. The van der Waals surface area contributed by atoms with Gasteiger partial charge in [0.15, 0.2) is 5.78 Å². The lowest BCUT2D eigenvalue weighted by Crippen LogP contribution is -2.06. The van der Waals surface area contributed by atoms with Gasteiger partial charge in [0, 0.05) is 18.6 Å². The van der Waals surface area contributed by atoms with E-state index in [0.29, 0.717) is 5.56 Å². The number of rotatable bonds is 3. The molecule has 0 heterocycles. The van der Waals surface area contributed by atoms with Crippen LogP contribution in [0.4, 0.5) is 4.39 Å². The minimum Gasteiger partial charge on any atom is -0.508 e. The Morgan fingerprint density at radius 3 is 2.10 bits per heavy atom. The van der Waals surface area contributed by atoms with E-state index < -0.39 is 28.7 Å². The smallest absolute Gasteiger partial charge is 0.173 e. The number of carbonyl (C=O) groups is 1. The van der Waals surface area contributed by atoms with Crippen LogP contribution in [0, 0.1) is 5.82 Å². The molecule has 0 unspecified atom stereocenters. The van der Waals surface area contributed by atoms with E-state index in [4.69, 9.17) is 10.2 Å². The molecule has 112 valence electrons. The predicted octanol–water partition coefficient (Wildman–Crippen LogP) is 3.39. The van der Waals surface area contributed by atoms with Gasteiger partial charge in [-0.2, -0.15) is 0 Å². The summed E-state index contributed by atoms with van der Waals surface area (Å²) in [5.41, 5.74) is 0.126. The lowest BCUT2D eigenvalue weighted by atomic mass is 10.0. The number of aromatic hydroxyl groups is 3. The van der Waals surface area contributed by atoms with Crippen molar-refractivity contribution in [3.05, 3.63) is 53.3 Å². The third-order valence-electron chi connectivity index (χ3n) is 2.63. The molecule has 0 aromatic heterocycles. The van der Waals surface area contributed by atoms with E-state index in [9.17, 15) is 14.3 Å². The quantitative estimate of drug-likeness (QED) is 0.758. The Morgan fingerprint density at radius 2 is 1.57 bits per heavy atom. The van der Waals surface area contributed by atoms with Gasteiger partial charge < -0.3 is 15.3 Å². The molecule has 0 radical (unpaired) electrons. The second-order valence-corrected chi connectivity index (χ2v) is 4.09. The largest absolute Gasteiger partial charge is 0.508 e. The Morgan fingerprint density at radius 1 is 1.00 bits per heavy atom. The van der Waals surface area contributed by atoms with Gasteiger partial charge in [0.1, 0.15) is 23.1 Å². The van der Waals surface area contributed by atoms with Crippen molar-refractivity contribution in [1.82, 2.24) is 0 Å². The zero-order valence-electron chi connectivity index (χ0n) is 11.8. The molecule has 2 aromatic carbocycles. The topological polar surface area (TPSA) is 77.8 Å². The van der Waals surface area contributed by atoms with E-state index in [-0.39, 0.29) is 12.2 Å². The van der Waals surface area contributed by atoms with E-state index in [2.05, 4.69) is 0 Å². The zero-order chi connectivity index (χ0) is 16.0.